The van der Waals surface area contributed by atoms with E-state index in [1.165, 1.54) is 0 Å². The highest BCUT2D eigenvalue weighted by atomic mass is 16.2. The lowest BCUT2D eigenvalue weighted by molar-refractivity contribution is -0.135. The fourth-order valence-electron chi connectivity index (χ4n) is 3.53. The van der Waals surface area contributed by atoms with Crippen molar-refractivity contribution in [2.24, 2.45) is 0 Å². The molecule has 2 aromatic carbocycles. The first-order chi connectivity index (χ1) is 13.7. The Morgan fingerprint density at radius 2 is 1.59 bits per heavy atom. The molecule has 3 rings (SSSR count). The van der Waals surface area contributed by atoms with E-state index in [-0.39, 0.29) is 18.5 Å². The maximum absolute atomic E-state index is 13.0. The normalized spacial score (nSPS) is 19.8. The van der Waals surface area contributed by atoms with E-state index in [0.717, 1.165) is 21.6 Å². The van der Waals surface area contributed by atoms with Crippen LogP contribution in [0.1, 0.15) is 48.6 Å². The number of hydrogen-bond acceptors (Lipinski definition) is 3. The molecule has 1 saturated heterocycles. The molecular formula is C23H27N3O3. The van der Waals surface area contributed by atoms with E-state index in [1.807, 2.05) is 69.3 Å². The topological polar surface area (TPSA) is 78.5 Å². The number of benzene rings is 2. The summed E-state index contributed by atoms with van der Waals surface area (Å²) in [6, 6.07) is 14.6. The van der Waals surface area contributed by atoms with Gasteiger partial charge in [0.25, 0.3) is 5.91 Å². The standard InChI is InChI=1S/C23H27N3O3/c1-5-19(17-10-6-15(2)7-11-17)24-20(27)14-26-21(28)23(4,25-22(26)29)18-12-8-16(3)9-13-18/h6-13,19H,5,14H2,1-4H3,(H,24,27)(H,25,29). The summed E-state index contributed by atoms with van der Waals surface area (Å²) in [5.41, 5.74) is 2.71. The number of nitrogens with one attached hydrogen (secondary N) is 2. The van der Waals surface area contributed by atoms with Gasteiger partial charge in [-0.2, -0.15) is 0 Å². The van der Waals surface area contributed by atoms with Gasteiger partial charge in [0.1, 0.15) is 12.1 Å². The molecule has 152 valence electrons. The number of aryl methyl sites for hydroxylation is 2. The first-order valence-corrected chi connectivity index (χ1v) is 9.81. The molecule has 0 aromatic heterocycles. The monoisotopic (exact) mass is 393 g/mol. The summed E-state index contributed by atoms with van der Waals surface area (Å²) in [6.45, 7) is 7.29. The van der Waals surface area contributed by atoms with Crippen molar-refractivity contribution in [3.8, 4) is 0 Å². The van der Waals surface area contributed by atoms with Crippen molar-refractivity contribution in [3.63, 3.8) is 0 Å². The van der Waals surface area contributed by atoms with Crippen LogP contribution in [-0.4, -0.2) is 29.3 Å². The number of imide groups is 1. The van der Waals surface area contributed by atoms with Crippen molar-refractivity contribution < 1.29 is 14.4 Å². The molecule has 1 aliphatic heterocycles. The second-order valence-electron chi connectivity index (χ2n) is 7.75. The molecule has 2 unspecified atom stereocenters. The molecule has 0 spiro atoms. The van der Waals surface area contributed by atoms with E-state index in [2.05, 4.69) is 10.6 Å². The molecule has 2 atom stereocenters. The summed E-state index contributed by atoms with van der Waals surface area (Å²) in [5.74, 6) is -0.793. The third kappa shape index (κ3) is 4.16. The zero-order valence-corrected chi connectivity index (χ0v) is 17.3. The molecular weight excluding hydrogens is 366 g/mol. The number of hydrogen-bond donors (Lipinski definition) is 2. The highest BCUT2D eigenvalue weighted by Crippen LogP contribution is 2.29. The van der Waals surface area contributed by atoms with Crippen LogP contribution in [0.3, 0.4) is 0 Å². The Labute approximate surface area is 171 Å². The molecule has 1 fully saturated rings. The summed E-state index contributed by atoms with van der Waals surface area (Å²) >= 11 is 0. The maximum atomic E-state index is 13.0. The van der Waals surface area contributed by atoms with Crippen LogP contribution in [0.4, 0.5) is 4.79 Å². The average molecular weight is 393 g/mol. The summed E-state index contributed by atoms with van der Waals surface area (Å²) in [7, 11) is 0. The third-order valence-corrected chi connectivity index (χ3v) is 5.43. The van der Waals surface area contributed by atoms with Crippen LogP contribution in [0.15, 0.2) is 48.5 Å². The second-order valence-corrected chi connectivity index (χ2v) is 7.75. The number of carbonyl (C=O) groups is 3. The number of rotatable bonds is 6. The Morgan fingerprint density at radius 1 is 1.03 bits per heavy atom. The molecule has 2 N–H and O–H groups in total. The first-order valence-electron chi connectivity index (χ1n) is 9.81. The highest BCUT2D eigenvalue weighted by molar-refractivity contribution is 6.09. The van der Waals surface area contributed by atoms with Gasteiger partial charge in [-0.05, 0) is 38.3 Å². The van der Waals surface area contributed by atoms with Crippen molar-refractivity contribution in [1.29, 1.82) is 0 Å². The molecule has 6 nitrogen and oxygen atoms in total. The lowest BCUT2D eigenvalue weighted by Gasteiger charge is -2.23. The average Bonchev–Trinajstić information content (AvgIpc) is 2.91. The molecule has 1 aliphatic rings. The minimum atomic E-state index is -1.17. The number of carbonyl (C=O) groups excluding carboxylic acids is 3. The zero-order chi connectivity index (χ0) is 21.2. The Kier molecular flexibility index (Phi) is 5.73. The number of nitrogens with zero attached hydrogens (tertiary/aromatic N) is 1. The molecule has 2 aromatic rings. The molecule has 1 heterocycles. The fraction of sp³-hybridized carbons (Fsp3) is 0.348. The summed E-state index contributed by atoms with van der Waals surface area (Å²) < 4.78 is 0. The third-order valence-electron chi connectivity index (χ3n) is 5.43. The SMILES string of the molecule is CCC(NC(=O)CN1C(=O)NC(C)(c2ccc(C)cc2)C1=O)c1ccc(C)cc1. The van der Waals surface area contributed by atoms with Crippen LogP contribution in [-0.2, 0) is 15.1 Å². The van der Waals surface area contributed by atoms with Crippen molar-refractivity contribution in [1.82, 2.24) is 15.5 Å². The predicted molar refractivity (Wildman–Crippen MR) is 111 cm³/mol. The fourth-order valence-corrected chi connectivity index (χ4v) is 3.53. The van der Waals surface area contributed by atoms with Crippen LogP contribution in [0.25, 0.3) is 0 Å². The molecule has 0 radical (unpaired) electrons. The zero-order valence-electron chi connectivity index (χ0n) is 17.3. The van der Waals surface area contributed by atoms with Crippen molar-refractivity contribution in [2.45, 2.75) is 45.7 Å². The van der Waals surface area contributed by atoms with Crippen LogP contribution < -0.4 is 10.6 Å². The first kappa shape index (κ1) is 20.6. The van der Waals surface area contributed by atoms with Crippen LogP contribution >= 0.6 is 0 Å². The largest absolute Gasteiger partial charge is 0.348 e. The molecule has 4 amide bonds. The van der Waals surface area contributed by atoms with Gasteiger partial charge in [0.2, 0.25) is 5.91 Å². The summed E-state index contributed by atoms with van der Waals surface area (Å²) in [5, 5.41) is 5.67. The minimum absolute atomic E-state index is 0.174. The van der Waals surface area contributed by atoms with Gasteiger partial charge < -0.3 is 10.6 Å². The van der Waals surface area contributed by atoms with Gasteiger partial charge in [-0.15, -0.1) is 0 Å². The van der Waals surface area contributed by atoms with Gasteiger partial charge in [0.15, 0.2) is 0 Å². The van der Waals surface area contributed by atoms with Crippen molar-refractivity contribution in [2.75, 3.05) is 6.54 Å². The van der Waals surface area contributed by atoms with Crippen molar-refractivity contribution in [3.05, 3.63) is 70.8 Å². The molecule has 29 heavy (non-hydrogen) atoms. The van der Waals surface area contributed by atoms with E-state index in [4.69, 9.17) is 0 Å². The van der Waals surface area contributed by atoms with Gasteiger partial charge in [-0.1, -0.05) is 66.6 Å². The van der Waals surface area contributed by atoms with E-state index >= 15 is 0 Å². The van der Waals surface area contributed by atoms with E-state index in [0.29, 0.717) is 12.0 Å². The van der Waals surface area contributed by atoms with E-state index < -0.39 is 17.5 Å². The highest BCUT2D eigenvalue weighted by Gasteiger charge is 2.49. The van der Waals surface area contributed by atoms with Crippen LogP contribution in [0.5, 0.6) is 0 Å². The Bertz CT molecular complexity index is 921. The quantitative estimate of drug-likeness (QED) is 0.739. The maximum Gasteiger partial charge on any atom is 0.325 e. The molecule has 0 bridgehead atoms. The summed E-state index contributed by atoms with van der Waals surface area (Å²) in [6.07, 6.45) is 0.704. The Hall–Kier alpha value is -3.15. The Balaban J connectivity index is 1.71. The predicted octanol–water partition coefficient (Wildman–Crippen LogP) is 3.34. The lowest BCUT2D eigenvalue weighted by Crippen LogP contribution is -2.43. The van der Waals surface area contributed by atoms with E-state index in [9.17, 15) is 14.4 Å². The smallest absolute Gasteiger partial charge is 0.325 e. The van der Waals surface area contributed by atoms with Crippen LogP contribution in [0, 0.1) is 13.8 Å². The van der Waals surface area contributed by atoms with Gasteiger partial charge >= 0.3 is 6.03 Å². The van der Waals surface area contributed by atoms with Gasteiger partial charge in [0.05, 0.1) is 6.04 Å². The van der Waals surface area contributed by atoms with Crippen LogP contribution in [0.2, 0.25) is 0 Å². The molecule has 0 saturated carbocycles. The van der Waals surface area contributed by atoms with Crippen molar-refractivity contribution >= 4 is 17.8 Å². The van der Waals surface area contributed by atoms with Gasteiger partial charge in [-0.3, -0.25) is 14.5 Å². The Morgan fingerprint density at radius 3 is 2.14 bits per heavy atom. The summed E-state index contributed by atoms with van der Waals surface area (Å²) in [4.78, 5) is 39.0. The van der Waals surface area contributed by atoms with Gasteiger partial charge in [0, 0.05) is 0 Å². The number of urea groups is 1. The second kappa shape index (κ2) is 8.07. The minimum Gasteiger partial charge on any atom is -0.348 e. The lowest BCUT2D eigenvalue weighted by atomic mass is 9.91. The van der Waals surface area contributed by atoms with E-state index in [1.54, 1.807) is 6.92 Å². The number of amides is 4. The molecule has 0 aliphatic carbocycles. The molecule has 6 heteroatoms. The van der Waals surface area contributed by atoms with Gasteiger partial charge in [-0.25, -0.2) is 4.79 Å².